The third-order valence-electron chi connectivity index (χ3n) is 3.49. The highest BCUT2D eigenvalue weighted by molar-refractivity contribution is 7.18. The molecule has 0 amide bonds. The first-order valence-electron chi connectivity index (χ1n) is 6.82. The van der Waals surface area contributed by atoms with Crippen LogP contribution in [0.3, 0.4) is 0 Å². The number of hydrogen-bond donors (Lipinski definition) is 2. The lowest BCUT2D eigenvalue weighted by Gasteiger charge is -2.11. The Morgan fingerprint density at radius 1 is 1.45 bits per heavy atom. The second-order valence-electron chi connectivity index (χ2n) is 5.05. The second kappa shape index (κ2) is 5.97. The monoisotopic (exact) mass is 308 g/mol. The molecule has 4 nitrogen and oxygen atoms in total. The summed E-state index contributed by atoms with van der Waals surface area (Å²) in [6.45, 7) is 0.516. The molecule has 6 heteroatoms. The quantitative estimate of drug-likeness (QED) is 0.675. The first-order chi connectivity index (χ1) is 9.70. The fourth-order valence-corrected chi connectivity index (χ4v) is 3.53. The van der Waals surface area contributed by atoms with Crippen molar-refractivity contribution in [3.8, 4) is 0 Å². The van der Waals surface area contributed by atoms with Crippen LogP contribution in [-0.4, -0.2) is 17.0 Å². The van der Waals surface area contributed by atoms with Gasteiger partial charge in [0.25, 0.3) is 0 Å². The summed E-state index contributed by atoms with van der Waals surface area (Å²) in [5.41, 5.74) is 6.84. The minimum absolute atomic E-state index is 0.493. The predicted octanol–water partition coefficient (Wildman–Crippen LogP) is 3.30. The lowest BCUT2D eigenvalue weighted by Crippen LogP contribution is -2.38. The second-order valence-corrected chi connectivity index (χ2v) is 6.60. The van der Waals surface area contributed by atoms with E-state index < -0.39 is 0 Å². The van der Waals surface area contributed by atoms with Gasteiger partial charge in [-0.05, 0) is 31.0 Å². The van der Waals surface area contributed by atoms with Gasteiger partial charge in [0.05, 0.1) is 16.8 Å². The standard InChI is InChI=1S/C14H17ClN4S/c15-9-5-6-12-11(7-9)19-13(20-12)8-17-14(16)18-10-3-1-2-4-10/h5-7,10H,1-4,8H2,(H3,16,17,18). The molecule has 1 fully saturated rings. The number of aliphatic imine (C=N–C) groups is 1. The Balaban J connectivity index is 1.66. The van der Waals surface area contributed by atoms with Crippen molar-refractivity contribution >= 4 is 39.1 Å². The molecule has 3 rings (SSSR count). The highest BCUT2D eigenvalue weighted by atomic mass is 35.5. The lowest BCUT2D eigenvalue weighted by atomic mass is 10.2. The van der Waals surface area contributed by atoms with Crippen LogP contribution in [0.2, 0.25) is 5.02 Å². The van der Waals surface area contributed by atoms with E-state index in [9.17, 15) is 0 Å². The highest BCUT2D eigenvalue weighted by Crippen LogP contribution is 2.25. The first-order valence-corrected chi connectivity index (χ1v) is 8.01. The summed E-state index contributed by atoms with van der Waals surface area (Å²) in [5.74, 6) is 0.522. The van der Waals surface area contributed by atoms with E-state index in [4.69, 9.17) is 17.3 Å². The van der Waals surface area contributed by atoms with Crippen molar-refractivity contribution < 1.29 is 0 Å². The summed E-state index contributed by atoms with van der Waals surface area (Å²) in [6, 6.07) is 6.24. The zero-order valence-electron chi connectivity index (χ0n) is 11.1. The maximum absolute atomic E-state index is 5.96. The zero-order valence-corrected chi connectivity index (χ0v) is 12.7. The molecule has 0 radical (unpaired) electrons. The first kappa shape index (κ1) is 13.6. The Hall–Kier alpha value is -1.33. The van der Waals surface area contributed by atoms with E-state index in [1.54, 1.807) is 11.3 Å². The Bertz CT molecular complexity index is 631. The molecular formula is C14H17ClN4S. The molecule has 1 heterocycles. The third kappa shape index (κ3) is 3.22. The topological polar surface area (TPSA) is 63.3 Å². The Labute approximate surface area is 127 Å². The number of nitrogens with one attached hydrogen (secondary N) is 1. The molecular weight excluding hydrogens is 292 g/mol. The van der Waals surface area contributed by atoms with Gasteiger partial charge in [0.2, 0.25) is 0 Å². The van der Waals surface area contributed by atoms with E-state index >= 15 is 0 Å². The molecule has 1 aliphatic rings. The zero-order chi connectivity index (χ0) is 13.9. The number of guanidine groups is 1. The fraction of sp³-hybridized carbons (Fsp3) is 0.429. The van der Waals surface area contributed by atoms with Gasteiger partial charge in [-0.2, -0.15) is 0 Å². The van der Waals surface area contributed by atoms with E-state index in [2.05, 4.69) is 15.3 Å². The Morgan fingerprint density at radius 2 is 2.25 bits per heavy atom. The number of nitrogens with two attached hydrogens (primary N) is 1. The largest absolute Gasteiger partial charge is 0.370 e. The average Bonchev–Trinajstić information content (AvgIpc) is 3.04. The summed E-state index contributed by atoms with van der Waals surface area (Å²) in [5, 5.41) is 4.94. The fourth-order valence-electron chi connectivity index (χ4n) is 2.49. The van der Waals surface area contributed by atoms with Crippen molar-refractivity contribution in [2.24, 2.45) is 10.7 Å². The van der Waals surface area contributed by atoms with Crippen LogP contribution in [0.4, 0.5) is 0 Å². The number of rotatable bonds is 3. The van der Waals surface area contributed by atoms with Gasteiger partial charge in [0.15, 0.2) is 5.96 Å². The number of aromatic nitrogens is 1. The van der Waals surface area contributed by atoms with Gasteiger partial charge in [-0.1, -0.05) is 24.4 Å². The predicted molar refractivity (Wildman–Crippen MR) is 85.3 cm³/mol. The molecule has 20 heavy (non-hydrogen) atoms. The molecule has 2 aromatic rings. The third-order valence-corrected chi connectivity index (χ3v) is 4.74. The number of nitrogens with zero attached hydrogens (tertiary/aromatic N) is 2. The lowest BCUT2D eigenvalue weighted by molar-refractivity contribution is 0.625. The van der Waals surface area contributed by atoms with Crippen molar-refractivity contribution in [1.82, 2.24) is 10.3 Å². The van der Waals surface area contributed by atoms with Crippen LogP contribution in [0.15, 0.2) is 23.2 Å². The van der Waals surface area contributed by atoms with E-state index in [-0.39, 0.29) is 0 Å². The SMILES string of the molecule is NC(=NCc1nc2cc(Cl)ccc2s1)NC1CCCC1. The molecule has 106 valence electrons. The summed E-state index contributed by atoms with van der Waals surface area (Å²) in [4.78, 5) is 8.89. The molecule has 0 atom stereocenters. The van der Waals surface area contributed by atoms with Crippen LogP contribution in [0.25, 0.3) is 10.2 Å². The van der Waals surface area contributed by atoms with Crippen LogP contribution in [0.1, 0.15) is 30.7 Å². The Kier molecular flexibility index (Phi) is 4.08. The Morgan fingerprint density at radius 3 is 3.05 bits per heavy atom. The van der Waals surface area contributed by atoms with Gasteiger partial charge >= 0.3 is 0 Å². The van der Waals surface area contributed by atoms with E-state index in [0.29, 0.717) is 23.6 Å². The summed E-state index contributed by atoms with van der Waals surface area (Å²) >= 11 is 7.59. The minimum Gasteiger partial charge on any atom is -0.370 e. The van der Waals surface area contributed by atoms with Crippen LogP contribution >= 0.6 is 22.9 Å². The molecule has 1 aromatic heterocycles. The highest BCUT2D eigenvalue weighted by Gasteiger charge is 2.14. The smallest absolute Gasteiger partial charge is 0.189 e. The van der Waals surface area contributed by atoms with Gasteiger partial charge < -0.3 is 11.1 Å². The summed E-state index contributed by atoms with van der Waals surface area (Å²) in [6.07, 6.45) is 4.94. The van der Waals surface area contributed by atoms with E-state index in [1.165, 1.54) is 25.7 Å². The average molecular weight is 309 g/mol. The van der Waals surface area contributed by atoms with Crippen molar-refractivity contribution in [3.63, 3.8) is 0 Å². The van der Waals surface area contributed by atoms with E-state index in [1.807, 2.05) is 18.2 Å². The van der Waals surface area contributed by atoms with Crippen LogP contribution in [0, 0.1) is 0 Å². The molecule has 0 unspecified atom stereocenters. The van der Waals surface area contributed by atoms with Crippen molar-refractivity contribution in [3.05, 3.63) is 28.2 Å². The van der Waals surface area contributed by atoms with Gasteiger partial charge in [0, 0.05) is 11.1 Å². The summed E-state index contributed by atoms with van der Waals surface area (Å²) < 4.78 is 1.13. The van der Waals surface area contributed by atoms with Crippen LogP contribution in [-0.2, 0) is 6.54 Å². The van der Waals surface area contributed by atoms with Crippen LogP contribution in [0.5, 0.6) is 0 Å². The number of halogens is 1. The molecule has 1 aromatic carbocycles. The number of benzene rings is 1. The molecule has 0 saturated heterocycles. The maximum Gasteiger partial charge on any atom is 0.189 e. The van der Waals surface area contributed by atoms with Gasteiger partial charge in [-0.15, -0.1) is 11.3 Å². The van der Waals surface area contributed by atoms with Crippen molar-refractivity contribution in [1.29, 1.82) is 0 Å². The minimum atomic E-state index is 0.493. The molecule has 0 spiro atoms. The van der Waals surface area contributed by atoms with Crippen molar-refractivity contribution in [2.45, 2.75) is 38.3 Å². The van der Waals surface area contributed by atoms with E-state index in [0.717, 1.165) is 15.2 Å². The molecule has 0 bridgehead atoms. The summed E-state index contributed by atoms with van der Waals surface area (Å²) in [7, 11) is 0. The molecule has 1 saturated carbocycles. The van der Waals surface area contributed by atoms with Crippen molar-refractivity contribution in [2.75, 3.05) is 0 Å². The van der Waals surface area contributed by atoms with Crippen LogP contribution < -0.4 is 11.1 Å². The maximum atomic E-state index is 5.96. The normalized spacial score (nSPS) is 16.9. The number of hydrogen-bond acceptors (Lipinski definition) is 3. The van der Waals surface area contributed by atoms with Gasteiger partial charge in [-0.3, -0.25) is 0 Å². The molecule has 3 N–H and O–H groups in total. The van der Waals surface area contributed by atoms with Gasteiger partial charge in [0.1, 0.15) is 5.01 Å². The number of thiazole rings is 1. The molecule has 0 aliphatic heterocycles. The number of fused-ring (bicyclic) bond motifs is 1. The van der Waals surface area contributed by atoms with Gasteiger partial charge in [-0.25, -0.2) is 9.98 Å². The molecule has 1 aliphatic carbocycles.